The molecule has 0 saturated carbocycles. The lowest BCUT2D eigenvalue weighted by Gasteiger charge is -2.17. The van der Waals surface area contributed by atoms with Crippen LogP contribution < -0.4 is 20.1 Å². The van der Waals surface area contributed by atoms with Crippen molar-refractivity contribution in [2.24, 2.45) is 4.99 Å². The second-order valence-electron chi connectivity index (χ2n) is 4.90. The van der Waals surface area contributed by atoms with Gasteiger partial charge in [-0.1, -0.05) is 11.2 Å². The van der Waals surface area contributed by atoms with Gasteiger partial charge in [0.05, 0.1) is 20.2 Å². The van der Waals surface area contributed by atoms with E-state index in [9.17, 15) is 0 Å². The zero-order chi connectivity index (χ0) is 16.5. The first-order chi connectivity index (χ1) is 11.2. The molecule has 0 aliphatic rings. The second-order valence-corrected chi connectivity index (χ2v) is 4.90. The molecule has 8 heteroatoms. The quantitative estimate of drug-likeness (QED) is 0.387. The summed E-state index contributed by atoms with van der Waals surface area (Å²) in [5.74, 6) is 2.21. The number of hydrogen-bond donors (Lipinski definition) is 2. The summed E-state index contributed by atoms with van der Waals surface area (Å²) < 4.78 is 15.8. The van der Waals surface area contributed by atoms with E-state index in [4.69, 9.17) is 14.0 Å². The number of guanidine groups is 1. The van der Waals surface area contributed by atoms with Crippen molar-refractivity contribution in [1.82, 2.24) is 15.8 Å². The number of benzene rings is 1. The molecule has 0 saturated heterocycles. The molecule has 0 fully saturated rings. The molecule has 0 radical (unpaired) electrons. The van der Waals surface area contributed by atoms with Gasteiger partial charge in [-0.2, -0.15) is 0 Å². The Morgan fingerprint density at radius 1 is 1.29 bits per heavy atom. The zero-order valence-corrected chi connectivity index (χ0v) is 16.3. The number of halogens is 1. The average Bonchev–Trinajstić information content (AvgIpc) is 3.08. The summed E-state index contributed by atoms with van der Waals surface area (Å²) in [7, 11) is 3.35. The molecule has 2 N–H and O–H groups in total. The van der Waals surface area contributed by atoms with Crippen molar-refractivity contribution in [3.63, 3.8) is 0 Å². The molecule has 0 aliphatic heterocycles. The molecule has 1 aromatic heterocycles. The van der Waals surface area contributed by atoms with Crippen molar-refractivity contribution in [1.29, 1.82) is 0 Å². The van der Waals surface area contributed by atoms with Crippen molar-refractivity contribution < 1.29 is 14.0 Å². The number of nitrogens with zero attached hydrogens (tertiary/aromatic N) is 2. The van der Waals surface area contributed by atoms with Crippen LogP contribution in [0, 0.1) is 0 Å². The van der Waals surface area contributed by atoms with Crippen LogP contribution in [0.5, 0.6) is 11.5 Å². The molecule has 24 heavy (non-hydrogen) atoms. The predicted molar refractivity (Wildman–Crippen MR) is 103 cm³/mol. The van der Waals surface area contributed by atoms with Gasteiger partial charge in [-0.05, 0) is 19.1 Å². The molecule has 7 nitrogen and oxygen atoms in total. The summed E-state index contributed by atoms with van der Waals surface area (Å²) in [6.45, 7) is 3.13. The average molecular weight is 446 g/mol. The van der Waals surface area contributed by atoms with Crippen LogP contribution in [0.25, 0.3) is 0 Å². The van der Waals surface area contributed by atoms with Crippen LogP contribution in [0.3, 0.4) is 0 Å². The van der Waals surface area contributed by atoms with E-state index in [1.807, 2.05) is 31.2 Å². The molecular formula is C16H23IN4O3. The molecule has 0 aliphatic carbocycles. The summed E-state index contributed by atoms with van der Waals surface area (Å²) in [5.41, 5.74) is 0.814. The number of ether oxygens (including phenoxy) is 2. The Bertz CT molecular complexity index is 620. The van der Waals surface area contributed by atoms with Gasteiger partial charge in [0.25, 0.3) is 0 Å². The molecule has 0 spiro atoms. The molecule has 1 aromatic carbocycles. The van der Waals surface area contributed by atoms with E-state index in [1.165, 1.54) is 6.26 Å². The lowest BCUT2D eigenvalue weighted by atomic mass is 10.3. The van der Waals surface area contributed by atoms with Crippen molar-refractivity contribution in [3.05, 3.63) is 42.3 Å². The zero-order valence-electron chi connectivity index (χ0n) is 14.0. The fraction of sp³-hybridized carbons (Fsp3) is 0.375. The molecule has 0 bridgehead atoms. The van der Waals surface area contributed by atoms with Crippen LogP contribution in [0.1, 0.15) is 12.6 Å². The molecule has 0 amide bonds. The fourth-order valence-electron chi connectivity index (χ4n) is 1.91. The minimum atomic E-state index is -0.0345. The number of aliphatic imine (C=N–C) groups is 1. The van der Waals surface area contributed by atoms with E-state index in [1.54, 1.807) is 20.2 Å². The van der Waals surface area contributed by atoms with Crippen molar-refractivity contribution in [2.45, 2.75) is 19.6 Å². The van der Waals surface area contributed by atoms with Crippen molar-refractivity contribution >= 4 is 29.9 Å². The number of rotatable bonds is 7. The molecule has 2 aromatic rings. The molecule has 132 valence electrons. The Balaban J connectivity index is 0.00000288. The van der Waals surface area contributed by atoms with Crippen LogP contribution >= 0.6 is 24.0 Å². The molecule has 1 heterocycles. The Morgan fingerprint density at radius 2 is 2.08 bits per heavy atom. The normalized spacial score (nSPS) is 12.0. The van der Waals surface area contributed by atoms with E-state index in [0.717, 1.165) is 17.2 Å². The van der Waals surface area contributed by atoms with Gasteiger partial charge in [-0.3, -0.25) is 4.99 Å². The number of hydrogen-bond acceptors (Lipinski definition) is 5. The van der Waals surface area contributed by atoms with Gasteiger partial charge in [-0.25, -0.2) is 0 Å². The first-order valence-electron chi connectivity index (χ1n) is 7.35. The lowest BCUT2D eigenvalue weighted by Crippen LogP contribution is -2.41. The predicted octanol–water partition coefficient (Wildman–Crippen LogP) is 2.43. The van der Waals surface area contributed by atoms with Crippen LogP contribution in [0.2, 0.25) is 0 Å². The van der Waals surface area contributed by atoms with Gasteiger partial charge >= 0.3 is 0 Å². The Hall–Kier alpha value is -1.97. The summed E-state index contributed by atoms with van der Waals surface area (Å²) in [6.07, 6.45) is 1.50. The van der Waals surface area contributed by atoms with Crippen LogP contribution in [0.4, 0.5) is 0 Å². The van der Waals surface area contributed by atoms with Crippen molar-refractivity contribution in [2.75, 3.05) is 20.7 Å². The topological polar surface area (TPSA) is 80.9 Å². The third-order valence-electron chi connectivity index (χ3n) is 3.09. The van der Waals surface area contributed by atoms with Crippen molar-refractivity contribution in [3.8, 4) is 11.5 Å². The van der Waals surface area contributed by atoms with E-state index >= 15 is 0 Å². The number of methoxy groups -OCH3 is 1. The minimum absolute atomic E-state index is 0. The van der Waals surface area contributed by atoms with E-state index in [2.05, 4.69) is 20.8 Å². The highest BCUT2D eigenvalue weighted by Crippen LogP contribution is 2.19. The van der Waals surface area contributed by atoms with Gasteiger partial charge in [0, 0.05) is 19.2 Å². The third kappa shape index (κ3) is 6.65. The minimum Gasteiger partial charge on any atom is -0.497 e. The largest absolute Gasteiger partial charge is 0.497 e. The summed E-state index contributed by atoms with van der Waals surface area (Å²) in [6, 6.07) is 9.33. The lowest BCUT2D eigenvalue weighted by molar-refractivity contribution is 0.223. The Kier molecular flexibility index (Phi) is 8.98. The first kappa shape index (κ1) is 20.1. The van der Waals surface area contributed by atoms with Crippen LogP contribution in [0.15, 0.2) is 46.1 Å². The molecular weight excluding hydrogens is 423 g/mol. The Morgan fingerprint density at radius 3 is 2.75 bits per heavy atom. The Labute approximate surface area is 158 Å². The summed E-state index contributed by atoms with van der Waals surface area (Å²) >= 11 is 0. The maximum absolute atomic E-state index is 5.85. The SMILES string of the molecule is CN=C(NCc1ccon1)NCC(C)Oc1cccc(OC)c1.I. The summed E-state index contributed by atoms with van der Waals surface area (Å²) in [5, 5.41) is 10.2. The third-order valence-corrected chi connectivity index (χ3v) is 3.09. The van der Waals surface area contributed by atoms with E-state index in [-0.39, 0.29) is 30.1 Å². The maximum Gasteiger partial charge on any atom is 0.191 e. The molecule has 1 unspecified atom stereocenters. The first-order valence-corrected chi connectivity index (χ1v) is 7.35. The molecule has 2 rings (SSSR count). The highest BCUT2D eigenvalue weighted by molar-refractivity contribution is 14.0. The number of aromatic nitrogens is 1. The second kappa shape index (κ2) is 10.7. The fourth-order valence-corrected chi connectivity index (χ4v) is 1.91. The molecule has 1 atom stereocenters. The van der Waals surface area contributed by atoms with Gasteiger partial charge in [0.15, 0.2) is 5.96 Å². The van der Waals surface area contributed by atoms with E-state index in [0.29, 0.717) is 19.0 Å². The monoisotopic (exact) mass is 446 g/mol. The highest BCUT2D eigenvalue weighted by atomic mass is 127. The van der Waals surface area contributed by atoms with Crippen LogP contribution in [-0.4, -0.2) is 37.9 Å². The highest BCUT2D eigenvalue weighted by Gasteiger charge is 2.07. The summed E-state index contributed by atoms with van der Waals surface area (Å²) in [4.78, 5) is 4.15. The maximum atomic E-state index is 5.85. The van der Waals surface area contributed by atoms with Crippen LogP contribution in [-0.2, 0) is 6.54 Å². The van der Waals surface area contributed by atoms with Gasteiger partial charge in [0.2, 0.25) is 0 Å². The van der Waals surface area contributed by atoms with Gasteiger partial charge in [-0.15, -0.1) is 24.0 Å². The number of nitrogens with one attached hydrogen (secondary N) is 2. The smallest absolute Gasteiger partial charge is 0.191 e. The standard InChI is InChI=1S/C16H22N4O3.HI/c1-12(23-15-6-4-5-14(9-15)21-3)10-18-16(17-2)19-11-13-7-8-22-20-13;/h4-9,12H,10-11H2,1-3H3,(H2,17,18,19);1H. The van der Waals surface area contributed by atoms with Gasteiger partial charge in [0.1, 0.15) is 29.6 Å². The van der Waals surface area contributed by atoms with E-state index < -0.39 is 0 Å². The van der Waals surface area contributed by atoms with Gasteiger partial charge < -0.3 is 24.6 Å².